The van der Waals surface area contributed by atoms with Crippen LogP contribution in [-0.4, -0.2) is 126 Å². The van der Waals surface area contributed by atoms with Gasteiger partial charge in [-0.3, -0.25) is 0 Å². The Morgan fingerprint density at radius 1 is 0.254 bits per heavy atom. The molecule has 4 aliphatic heterocycles. The number of benzene rings is 16. The minimum atomic E-state index is -0.821. The first-order valence-corrected chi connectivity index (χ1v) is 43.8. The van der Waals surface area contributed by atoms with Crippen LogP contribution < -0.4 is 37.9 Å². The Bertz CT molecular complexity index is 6700. The molecule has 0 amide bonds. The predicted molar refractivity (Wildman–Crippen MR) is 511 cm³/mol. The number of rotatable bonds is 29. The number of aliphatic hydroxyl groups excluding tert-OH is 2. The Hall–Kier alpha value is -12.2. The van der Waals surface area contributed by atoms with Crippen LogP contribution in [0.15, 0.2) is 218 Å². The SMILES string of the molecule is C.Cc1cc2cc(-c3ccc4c(C)c(OCC5CO5)c(C)cc4c3)ccc2c(C)c1OCC(O)COc1c(C)cc2cc(-c3ccc4c(C)c(OCC5CO5)c(C)cc4c3)ccc2c1C.Cc1cc2ccccc2c(-c2c(OCC3CO3)c(C)cc3ccccc23)c1OCCC(O)COc1c(C)cc2ccccc2c1-c1c(OCC2CO2)c(C)cc2ccccc12. The van der Waals surface area contributed by atoms with Gasteiger partial charge >= 0.3 is 0 Å². The van der Waals surface area contributed by atoms with Crippen molar-refractivity contribution in [3.63, 3.8) is 0 Å². The molecule has 0 saturated carbocycles. The number of fused-ring (bicyclic) bond motifs is 8. The van der Waals surface area contributed by atoms with Crippen LogP contribution in [0.4, 0.5) is 0 Å². The first kappa shape index (κ1) is 84.6. The van der Waals surface area contributed by atoms with Crippen molar-refractivity contribution >= 4 is 86.2 Å². The van der Waals surface area contributed by atoms with E-state index < -0.39 is 12.2 Å². The van der Waals surface area contributed by atoms with Gasteiger partial charge in [-0.2, -0.15) is 0 Å². The highest BCUT2D eigenvalue weighted by Crippen LogP contribution is 2.52. The van der Waals surface area contributed by atoms with E-state index >= 15 is 0 Å². The smallest absolute Gasteiger partial charge is 0.130 e. The molecule has 14 nitrogen and oxygen atoms in total. The Balaban J connectivity index is 0.000000170. The van der Waals surface area contributed by atoms with Crippen LogP contribution in [0.3, 0.4) is 0 Å². The Labute approximate surface area is 737 Å². The first-order valence-electron chi connectivity index (χ1n) is 43.8. The van der Waals surface area contributed by atoms with Crippen molar-refractivity contribution in [1.29, 1.82) is 0 Å². The van der Waals surface area contributed by atoms with Crippen LogP contribution in [0.25, 0.3) is 131 Å². The van der Waals surface area contributed by atoms with E-state index in [1.54, 1.807) is 0 Å². The van der Waals surface area contributed by atoms with Crippen molar-refractivity contribution in [1.82, 2.24) is 0 Å². The maximum absolute atomic E-state index is 11.7. The van der Waals surface area contributed by atoms with Gasteiger partial charge in [-0.25, -0.2) is 0 Å². The highest BCUT2D eigenvalue weighted by molar-refractivity contribution is 6.13. The third kappa shape index (κ3) is 17.4. The third-order valence-corrected chi connectivity index (χ3v) is 25.2. The lowest BCUT2D eigenvalue weighted by atomic mass is 9.89. The van der Waals surface area contributed by atoms with Crippen molar-refractivity contribution in [2.24, 2.45) is 0 Å². The van der Waals surface area contributed by atoms with Gasteiger partial charge in [0.1, 0.15) is 123 Å². The van der Waals surface area contributed by atoms with Gasteiger partial charge in [-0.05, 0) is 331 Å². The van der Waals surface area contributed by atoms with Crippen LogP contribution in [0.2, 0.25) is 0 Å². The van der Waals surface area contributed by atoms with Crippen molar-refractivity contribution in [3.8, 4) is 90.5 Å². The van der Waals surface area contributed by atoms with Gasteiger partial charge in [0.15, 0.2) is 0 Å². The molecule has 20 rings (SSSR count). The van der Waals surface area contributed by atoms with Gasteiger partial charge in [0.05, 0.1) is 39.1 Å². The molecule has 4 aliphatic rings. The fourth-order valence-electron chi connectivity index (χ4n) is 18.5. The lowest BCUT2D eigenvalue weighted by molar-refractivity contribution is 0.0618. The molecule has 4 heterocycles. The van der Waals surface area contributed by atoms with Gasteiger partial charge in [-0.15, -0.1) is 0 Å². The second-order valence-electron chi connectivity index (χ2n) is 34.8. The van der Waals surface area contributed by atoms with E-state index in [9.17, 15) is 10.2 Å². The molecule has 16 aromatic rings. The molecule has 0 bridgehead atoms. The summed E-state index contributed by atoms with van der Waals surface area (Å²) in [5.74, 6) is 6.67. The summed E-state index contributed by atoms with van der Waals surface area (Å²) in [6, 6.07) is 77.8. The molecule has 0 aliphatic carbocycles. The number of aryl methyl sites for hydroxylation is 12. The summed E-state index contributed by atoms with van der Waals surface area (Å²) >= 11 is 0. The van der Waals surface area contributed by atoms with Gasteiger partial charge in [-0.1, -0.05) is 153 Å². The quantitative estimate of drug-likeness (QED) is 0.0426. The number of epoxide rings is 4. The molecular formula is C112H110O14. The molecular weight excluding hydrogens is 1570 g/mol. The number of hydrogen-bond acceptors (Lipinski definition) is 14. The predicted octanol–water partition coefficient (Wildman–Crippen LogP) is 24.7. The van der Waals surface area contributed by atoms with Crippen molar-refractivity contribution < 1.29 is 67.1 Å². The number of aliphatic hydroxyl groups is 2. The second-order valence-corrected chi connectivity index (χ2v) is 34.8. The Morgan fingerprint density at radius 3 is 0.762 bits per heavy atom. The van der Waals surface area contributed by atoms with Crippen molar-refractivity contribution in [2.45, 2.75) is 134 Å². The molecule has 5 atom stereocenters. The average molecular weight is 1680 g/mol. The minimum absolute atomic E-state index is 0. The summed E-state index contributed by atoms with van der Waals surface area (Å²) in [6.45, 7) is 31.0. The van der Waals surface area contributed by atoms with E-state index in [2.05, 4.69) is 301 Å². The van der Waals surface area contributed by atoms with E-state index in [1.165, 1.54) is 32.7 Å². The maximum atomic E-state index is 11.7. The molecule has 126 heavy (non-hydrogen) atoms. The van der Waals surface area contributed by atoms with Crippen molar-refractivity contribution in [2.75, 3.05) is 79.3 Å². The molecule has 2 N–H and O–H groups in total. The van der Waals surface area contributed by atoms with Gasteiger partial charge in [0, 0.05) is 28.7 Å². The standard InChI is InChI=1S/C57H56O7.C54H50O7.CH4/c1-31-17-43-21-39(41-11-15-52-37(7)56(63-29-48-27-59-48)33(3)19-45(52)23-41)9-13-50(43)35(5)54(31)61-25-47(58)26-62-55-32(2)18-44-22-40(10-14-51(44)36(55)6)42-12-16-53-38(8)57(64-30-49-28-60-49)34(4)20-46(53)24-42;1-32-23-36-13-5-9-17-43(36)47(48-44-18-10-6-15-38(44)25-34(3)53(48)60-30-41-28-57-41)51(32)56-22-21-40(55)27-59-52-33(2)24-37-14-7-11-19-45(37)49(52)50-46-20-12-8-16-39(46)26-35(4)54(50)61-31-42-29-58-42;/h9-24,47-49,58H,25-30H2,1-8H3;5-20,23-26,40-42,55H,21-22,27-31H2,1-4H3;1H4. The second kappa shape index (κ2) is 35.7. The van der Waals surface area contributed by atoms with Crippen LogP contribution in [-0.2, 0) is 18.9 Å². The zero-order valence-corrected chi connectivity index (χ0v) is 73.2. The highest BCUT2D eigenvalue weighted by Gasteiger charge is 2.32. The summed E-state index contributed by atoms with van der Waals surface area (Å²) in [4.78, 5) is 0. The summed E-state index contributed by atoms with van der Waals surface area (Å²) in [7, 11) is 0. The topological polar surface area (TPSA) is 164 Å². The number of ether oxygens (including phenoxy) is 12. The molecule has 0 radical (unpaired) electrons. The summed E-state index contributed by atoms with van der Waals surface area (Å²) < 4.78 is 73.6. The third-order valence-electron chi connectivity index (χ3n) is 25.2. The molecule has 14 heteroatoms. The molecule has 4 fully saturated rings. The first-order chi connectivity index (χ1) is 60.7. The fraction of sp³-hybridized carbons (Fsp3) is 0.286. The van der Waals surface area contributed by atoms with E-state index in [4.69, 9.17) is 56.8 Å². The van der Waals surface area contributed by atoms with Crippen molar-refractivity contribution in [3.05, 3.63) is 285 Å². The monoisotopic (exact) mass is 1680 g/mol. The number of hydrogen-bond donors (Lipinski definition) is 2. The summed E-state index contributed by atoms with van der Waals surface area (Å²) in [6.07, 6.45) is -0.620. The Morgan fingerprint density at radius 2 is 0.476 bits per heavy atom. The van der Waals surface area contributed by atoms with E-state index in [1.807, 2.05) is 0 Å². The fourth-order valence-corrected chi connectivity index (χ4v) is 18.5. The molecule has 4 saturated heterocycles. The van der Waals surface area contributed by atoms with Crippen LogP contribution in [0.5, 0.6) is 46.0 Å². The van der Waals surface area contributed by atoms with Gasteiger partial charge in [0.25, 0.3) is 0 Å². The van der Waals surface area contributed by atoms with Crippen LogP contribution >= 0.6 is 0 Å². The normalized spacial score (nSPS) is 16.1. The van der Waals surface area contributed by atoms with E-state index in [0.717, 1.165) is 224 Å². The van der Waals surface area contributed by atoms with Gasteiger partial charge in [0.2, 0.25) is 0 Å². The average Bonchev–Trinajstić information content (AvgIpc) is 1.10. The maximum Gasteiger partial charge on any atom is 0.130 e. The lowest BCUT2D eigenvalue weighted by Gasteiger charge is -2.24. The summed E-state index contributed by atoms with van der Waals surface area (Å²) in [5.41, 5.74) is 21.4. The molecule has 642 valence electrons. The Kier molecular flexibility index (Phi) is 23.9. The lowest BCUT2D eigenvalue weighted by Crippen LogP contribution is -2.25. The molecule has 5 unspecified atom stereocenters. The highest BCUT2D eigenvalue weighted by atomic mass is 16.6. The molecule has 16 aromatic carbocycles. The van der Waals surface area contributed by atoms with E-state index in [-0.39, 0.29) is 58.3 Å². The minimum Gasteiger partial charge on any atom is -0.493 e. The molecule has 0 aromatic heterocycles. The van der Waals surface area contributed by atoms with Gasteiger partial charge < -0.3 is 67.1 Å². The molecule has 0 spiro atoms. The zero-order chi connectivity index (χ0) is 86.0. The largest absolute Gasteiger partial charge is 0.493 e. The van der Waals surface area contributed by atoms with Crippen LogP contribution in [0.1, 0.15) is 80.6 Å². The zero-order valence-electron chi connectivity index (χ0n) is 73.2. The van der Waals surface area contributed by atoms with E-state index in [0.29, 0.717) is 46.1 Å². The summed E-state index contributed by atoms with van der Waals surface area (Å²) in [5, 5.41) is 41.0. The van der Waals surface area contributed by atoms with Crippen LogP contribution in [0, 0.1) is 83.1 Å².